The fourth-order valence-corrected chi connectivity index (χ4v) is 4.19. The van der Waals surface area contributed by atoms with E-state index in [1.807, 2.05) is 0 Å². The Bertz CT molecular complexity index is 1610. The second-order valence-corrected chi connectivity index (χ2v) is 8.71. The van der Waals surface area contributed by atoms with E-state index in [9.17, 15) is 22.8 Å². The summed E-state index contributed by atoms with van der Waals surface area (Å²) >= 11 is 12.4. The van der Waals surface area contributed by atoms with E-state index in [0.29, 0.717) is 0 Å². The number of anilines is 1. The Labute approximate surface area is 226 Å². The van der Waals surface area contributed by atoms with Crippen LogP contribution in [0.15, 0.2) is 59.4 Å². The zero-order chi connectivity index (χ0) is 28.6. The van der Waals surface area contributed by atoms with Crippen LogP contribution in [0, 0.1) is 11.6 Å². The van der Waals surface area contributed by atoms with Gasteiger partial charge in [0.1, 0.15) is 34.5 Å². The third kappa shape index (κ3) is 5.57. The molecule has 1 heterocycles. The number of ether oxygens (including phenoxy) is 2. The zero-order valence-corrected chi connectivity index (χ0v) is 21.4. The van der Waals surface area contributed by atoms with Gasteiger partial charge < -0.3 is 14.8 Å². The molecule has 14 heteroatoms. The summed E-state index contributed by atoms with van der Waals surface area (Å²) < 4.78 is 78.4. The van der Waals surface area contributed by atoms with Gasteiger partial charge in [-0.3, -0.25) is 14.3 Å². The molecule has 4 aromatic rings. The molecule has 7 nitrogen and oxygen atoms in total. The summed E-state index contributed by atoms with van der Waals surface area (Å²) in [5, 5.41) is 2.34. The summed E-state index contributed by atoms with van der Waals surface area (Å²) in [4.78, 5) is 26.6. The number of carbonyl (C=O) groups excluding carboxylic acids is 1. The van der Waals surface area contributed by atoms with E-state index in [2.05, 4.69) is 10.1 Å². The van der Waals surface area contributed by atoms with Gasteiger partial charge in [0.15, 0.2) is 0 Å². The minimum atomic E-state index is -4.94. The molecule has 3 aromatic carbocycles. The first-order chi connectivity index (χ1) is 18.3. The first kappa shape index (κ1) is 28.0. The average molecular weight is 588 g/mol. The van der Waals surface area contributed by atoms with Gasteiger partial charge in [-0.1, -0.05) is 29.3 Å². The van der Waals surface area contributed by atoms with Crippen LogP contribution < -0.4 is 20.3 Å². The number of hydrogen-bond acceptors (Lipinski definition) is 4. The number of rotatable bonds is 6. The maximum Gasteiger partial charge on any atom is 0.573 e. The second kappa shape index (κ2) is 10.6. The third-order valence-electron chi connectivity index (χ3n) is 5.50. The standard InChI is InChI=1S/C25H16Cl2F5N3O4/c1-34-22(19-16(28)10-14(38-2)11-17(19)29)21(24(37)35(34)18-5-3-4-15(26)20(18)27)33-23(36)12-6-8-13(9-7-12)39-25(30,31)32/h3-11H,1-2H3,(H,33,36). The molecule has 0 atom stereocenters. The monoisotopic (exact) mass is 587 g/mol. The lowest BCUT2D eigenvalue weighted by molar-refractivity contribution is -0.274. The molecule has 0 saturated carbocycles. The van der Waals surface area contributed by atoms with Gasteiger partial charge >= 0.3 is 6.36 Å². The van der Waals surface area contributed by atoms with Gasteiger partial charge in [-0.2, -0.15) is 0 Å². The predicted molar refractivity (Wildman–Crippen MR) is 134 cm³/mol. The van der Waals surface area contributed by atoms with Crippen molar-refractivity contribution in [1.82, 2.24) is 9.36 Å². The van der Waals surface area contributed by atoms with Crippen LogP contribution in [-0.2, 0) is 7.05 Å². The summed E-state index contributed by atoms with van der Waals surface area (Å²) in [7, 11) is 2.51. The fourth-order valence-electron chi connectivity index (χ4n) is 3.82. The number of benzene rings is 3. The van der Waals surface area contributed by atoms with Gasteiger partial charge in [0, 0.05) is 24.7 Å². The highest BCUT2D eigenvalue weighted by atomic mass is 35.5. The largest absolute Gasteiger partial charge is 0.573 e. The van der Waals surface area contributed by atoms with Crippen LogP contribution in [0.25, 0.3) is 16.9 Å². The predicted octanol–water partition coefficient (Wildman–Crippen LogP) is 6.59. The van der Waals surface area contributed by atoms with Gasteiger partial charge in [0.2, 0.25) is 0 Å². The molecule has 0 aliphatic rings. The topological polar surface area (TPSA) is 74.5 Å². The van der Waals surface area contributed by atoms with Gasteiger partial charge in [-0.15, -0.1) is 13.2 Å². The minimum Gasteiger partial charge on any atom is -0.497 e. The van der Waals surface area contributed by atoms with Crippen LogP contribution in [0.2, 0.25) is 10.0 Å². The molecule has 0 aliphatic carbocycles. The van der Waals surface area contributed by atoms with Gasteiger partial charge in [-0.05, 0) is 36.4 Å². The average Bonchev–Trinajstić information content (AvgIpc) is 3.09. The van der Waals surface area contributed by atoms with Crippen LogP contribution in [0.1, 0.15) is 10.4 Å². The van der Waals surface area contributed by atoms with Crippen molar-refractivity contribution in [3.63, 3.8) is 0 Å². The van der Waals surface area contributed by atoms with Crippen molar-refractivity contribution >= 4 is 34.8 Å². The summed E-state index contributed by atoms with van der Waals surface area (Å²) in [6, 6.07) is 9.95. The Morgan fingerprint density at radius 2 is 1.59 bits per heavy atom. The Balaban J connectivity index is 1.88. The van der Waals surface area contributed by atoms with Crippen LogP contribution in [0.5, 0.6) is 11.5 Å². The lowest BCUT2D eigenvalue weighted by Gasteiger charge is -2.14. The molecule has 0 aliphatic heterocycles. The van der Waals surface area contributed by atoms with E-state index in [4.69, 9.17) is 27.9 Å². The van der Waals surface area contributed by atoms with E-state index >= 15 is 8.78 Å². The smallest absolute Gasteiger partial charge is 0.497 e. The van der Waals surface area contributed by atoms with Gasteiger partial charge in [0.05, 0.1) is 28.4 Å². The number of methoxy groups -OCH3 is 1. The maximum atomic E-state index is 15.2. The van der Waals surface area contributed by atoms with Crippen molar-refractivity contribution in [3.8, 4) is 28.4 Å². The van der Waals surface area contributed by atoms with Crippen molar-refractivity contribution in [2.45, 2.75) is 6.36 Å². The fraction of sp³-hybridized carbons (Fsp3) is 0.120. The molecule has 0 saturated heterocycles. The maximum absolute atomic E-state index is 15.2. The zero-order valence-electron chi connectivity index (χ0n) is 19.9. The molecule has 0 spiro atoms. The highest BCUT2D eigenvalue weighted by molar-refractivity contribution is 6.43. The molecule has 1 aromatic heterocycles. The minimum absolute atomic E-state index is 0.0430. The molecule has 204 valence electrons. The highest BCUT2D eigenvalue weighted by Gasteiger charge is 2.31. The van der Waals surface area contributed by atoms with Crippen molar-refractivity contribution in [1.29, 1.82) is 0 Å². The molecule has 0 unspecified atom stereocenters. The highest BCUT2D eigenvalue weighted by Crippen LogP contribution is 2.36. The Morgan fingerprint density at radius 3 is 2.15 bits per heavy atom. The lowest BCUT2D eigenvalue weighted by atomic mass is 10.1. The molecule has 4 rings (SSSR count). The number of nitrogens with one attached hydrogen (secondary N) is 1. The van der Waals surface area contributed by atoms with Gasteiger partial charge in [-0.25, -0.2) is 13.5 Å². The number of alkyl halides is 3. The van der Waals surface area contributed by atoms with Gasteiger partial charge in [0.25, 0.3) is 11.5 Å². The van der Waals surface area contributed by atoms with E-state index in [0.717, 1.165) is 45.8 Å². The van der Waals surface area contributed by atoms with Crippen LogP contribution in [0.4, 0.5) is 27.6 Å². The first-order valence-electron chi connectivity index (χ1n) is 10.8. The Morgan fingerprint density at radius 1 is 0.974 bits per heavy atom. The Kier molecular flexibility index (Phi) is 7.62. The molecule has 0 radical (unpaired) electrons. The van der Waals surface area contributed by atoms with Crippen molar-refractivity contribution in [3.05, 3.63) is 92.2 Å². The van der Waals surface area contributed by atoms with E-state index in [1.54, 1.807) is 0 Å². The molecule has 1 amide bonds. The SMILES string of the molecule is COc1cc(F)c(-c2c(NC(=O)c3ccc(OC(F)(F)F)cc3)c(=O)n(-c3cccc(Cl)c3Cl)n2C)c(F)c1. The van der Waals surface area contributed by atoms with E-state index in [1.165, 1.54) is 32.4 Å². The molecular formula is C25H16Cl2F5N3O4. The van der Waals surface area contributed by atoms with Crippen LogP contribution in [-0.4, -0.2) is 28.7 Å². The number of carbonyl (C=O) groups is 1. The van der Waals surface area contributed by atoms with E-state index < -0.39 is 46.5 Å². The van der Waals surface area contributed by atoms with Crippen LogP contribution in [0.3, 0.4) is 0 Å². The summed E-state index contributed by atoms with van der Waals surface area (Å²) in [5.74, 6) is -3.90. The normalized spacial score (nSPS) is 11.4. The quantitative estimate of drug-likeness (QED) is 0.258. The molecular weight excluding hydrogens is 572 g/mol. The number of nitrogens with zero attached hydrogens (tertiary/aromatic N) is 2. The number of aromatic nitrogens is 2. The summed E-state index contributed by atoms with van der Waals surface area (Å²) in [5.41, 5.74) is -2.66. The molecule has 0 fully saturated rings. The summed E-state index contributed by atoms with van der Waals surface area (Å²) in [6.07, 6.45) is -4.94. The first-order valence-corrected chi connectivity index (χ1v) is 11.5. The second-order valence-electron chi connectivity index (χ2n) is 7.93. The lowest BCUT2D eigenvalue weighted by Crippen LogP contribution is -2.23. The van der Waals surface area contributed by atoms with Crippen molar-refractivity contribution in [2.24, 2.45) is 7.05 Å². The number of amides is 1. The molecule has 0 bridgehead atoms. The number of hydrogen-bond donors (Lipinski definition) is 1. The number of halogens is 7. The summed E-state index contributed by atoms with van der Waals surface area (Å²) in [6.45, 7) is 0. The molecule has 39 heavy (non-hydrogen) atoms. The van der Waals surface area contributed by atoms with Crippen molar-refractivity contribution in [2.75, 3.05) is 12.4 Å². The third-order valence-corrected chi connectivity index (χ3v) is 6.31. The van der Waals surface area contributed by atoms with E-state index in [-0.39, 0.29) is 32.7 Å². The molecule has 1 N–H and O–H groups in total. The van der Waals surface area contributed by atoms with Crippen molar-refractivity contribution < 1.29 is 36.2 Å². The van der Waals surface area contributed by atoms with Crippen LogP contribution >= 0.6 is 23.2 Å². The Hall–Kier alpha value is -4.03.